The van der Waals surface area contributed by atoms with Gasteiger partial charge < -0.3 is 19.3 Å². The van der Waals surface area contributed by atoms with Gasteiger partial charge in [0.05, 0.1) is 17.8 Å². The first-order chi connectivity index (χ1) is 13.8. The summed E-state index contributed by atoms with van der Waals surface area (Å²) in [7, 11) is 1.66. The molecule has 1 aliphatic heterocycles. The van der Waals surface area contributed by atoms with E-state index < -0.39 is 0 Å². The molecular weight excluding hydrogens is 356 g/mol. The van der Waals surface area contributed by atoms with Crippen LogP contribution in [-0.4, -0.2) is 78.1 Å². The van der Waals surface area contributed by atoms with Gasteiger partial charge in [-0.3, -0.25) is 5.10 Å². The number of aromatic nitrogens is 4. The molecule has 1 aliphatic rings. The van der Waals surface area contributed by atoms with E-state index in [4.69, 9.17) is 9.47 Å². The number of piperazine rings is 1. The molecule has 0 atom stereocenters. The summed E-state index contributed by atoms with van der Waals surface area (Å²) in [4.78, 5) is 13.7. The van der Waals surface area contributed by atoms with E-state index in [0.717, 1.165) is 66.6 Å². The number of H-pyrrole nitrogens is 1. The average molecular weight is 382 g/mol. The number of methoxy groups -OCH3 is 1. The highest BCUT2D eigenvalue weighted by molar-refractivity contribution is 5.93. The van der Waals surface area contributed by atoms with Gasteiger partial charge in [-0.2, -0.15) is 5.10 Å². The van der Waals surface area contributed by atoms with Crippen LogP contribution >= 0.6 is 0 Å². The van der Waals surface area contributed by atoms with Crippen molar-refractivity contribution in [3.05, 3.63) is 30.6 Å². The van der Waals surface area contributed by atoms with Crippen molar-refractivity contribution in [2.24, 2.45) is 0 Å². The number of rotatable bonds is 7. The van der Waals surface area contributed by atoms with Crippen LogP contribution in [0.3, 0.4) is 0 Å². The summed E-state index contributed by atoms with van der Waals surface area (Å²) in [6.45, 7) is 8.43. The first kappa shape index (κ1) is 18.6. The second kappa shape index (κ2) is 8.53. The standard InChI is InChI=1S/C20H26N6O2/c1-3-25-6-8-26(9-7-25)19-13-18(21-14-22-19)20-16-12-15(28-11-10-27-2)4-5-17(16)23-24-20/h4-5,12-14H,3,6-11H2,1-2H3,(H,23,24). The molecule has 0 unspecified atom stereocenters. The minimum Gasteiger partial charge on any atom is -0.491 e. The van der Waals surface area contributed by atoms with E-state index in [1.807, 2.05) is 24.3 Å². The molecule has 0 radical (unpaired) electrons. The first-order valence-corrected chi connectivity index (χ1v) is 9.68. The van der Waals surface area contributed by atoms with Crippen LogP contribution in [-0.2, 0) is 4.74 Å². The molecule has 1 aromatic carbocycles. The predicted molar refractivity (Wildman–Crippen MR) is 109 cm³/mol. The molecule has 0 spiro atoms. The van der Waals surface area contributed by atoms with Crippen molar-refractivity contribution in [2.45, 2.75) is 6.92 Å². The number of ether oxygens (including phenoxy) is 2. The van der Waals surface area contributed by atoms with Gasteiger partial charge in [0, 0.05) is 44.7 Å². The van der Waals surface area contributed by atoms with Crippen LogP contribution in [0.4, 0.5) is 5.82 Å². The molecule has 1 fully saturated rings. The third-order valence-corrected chi connectivity index (χ3v) is 5.13. The fraction of sp³-hybridized carbons (Fsp3) is 0.450. The van der Waals surface area contributed by atoms with Crippen molar-refractivity contribution in [3.8, 4) is 17.1 Å². The Morgan fingerprint density at radius 3 is 2.71 bits per heavy atom. The molecule has 2 aromatic heterocycles. The minimum atomic E-state index is 0.511. The number of fused-ring (bicyclic) bond motifs is 1. The van der Waals surface area contributed by atoms with E-state index >= 15 is 0 Å². The molecule has 4 rings (SSSR count). The number of hydrogen-bond acceptors (Lipinski definition) is 7. The van der Waals surface area contributed by atoms with Gasteiger partial charge in [0.25, 0.3) is 0 Å². The van der Waals surface area contributed by atoms with Crippen LogP contribution < -0.4 is 9.64 Å². The Hall–Kier alpha value is -2.71. The van der Waals surface area contributed by atoms with Crippen molar-refractivity contribution < 1.29 is 9.47 Å². The second-order valence-electron chi connectivity index (χ2n) is 6.80. The smallest absolute Gasteiger partial charge is 0.132 e. The van der Waals surface area contributed by atoms with Crippen LogP contribution in [0.1, 0.15) is 6.92 Å². The van der Waals surface area contributed by atoms with Gasteiger partial charge in [-0.05, 0) is 24.7 Å². The van der Waals surface area contributed by atoms with Crippen LogP contribution in [0, 0.1) is 0 Å². The van der Waals surface area contributed by atoms with Crippen molar-refractivity contribution in [1.29, 1.82) is 0 Å². The average Bonchev–Trinajstić information content (AvgIpc) is 3.17. The summed E-state index contributed by atoms with van der Waals surface area (Å²) >= 11 is 0. The molecule has 148 valence electrons. The van der Waals surface area contributed by atoms with Crippen molar-refractivity contribution >= 4 is 16.7 Å². The Labute approximate surface area is 164 Å². The lowest BCUT2D eigenvalue weighted by atomic mass is 10.1. The van der Waals surface area contributed by atoms with Crippen molar-refractivity contribution in [1.82, 2.24) is 25.1 Å². The number of anilines is 1. The lowest BCUT2D eigenvalue weighted by Crippen LogP contribution is -2.46. The zero-order valence-electron chi connectivity index (χ0n) is 16.4. The van der Waals surface area contributed by atoms with E-state index in [9.17, 15) is 0 Å². The summed E-state index contributed by atoms with van der Waals surface area (Å²) in [6.07, 6.45) is 1.62. The largest absolute Gasteiger partial charge is 0.491 e. The number of aromatic amines is 1. The van der Waals surface area contributed by atoms with E-state index in [0.29, 0.717) is 13.2 Å². The molecule has 0 bridgehead atoms. The van der Waals surface area contributed by atoms with Gasteiger partial charge in [0.15, 0.2) is 0 Å². The molecule has 0 saturated carbocycles. The fourth-order valence-electron chi connectivity index (χ4n) is 3.46. The first-order valence-electron chi connectivity index (χ1n) is 9.68. The molecule has 28 heavy (non-hydrogen) atoms. The lowest BCUT2D eigenvalue weighted by molar-refractivity contribution is 0.146. The highest BCUT2D eigenvalue weighted by atomic mass is 16.5. The minimum absolute atomic E-state index is 0.511. The Bertz CT molecular complexity index is 920. The Morgan fingerprint density at radius 1 is 1.07 bits per heavy atom. The summed E-state index contributed by atoms with van der Waals surface area (Å²) in [5.41, 5.74) is 2.57. The highest BCUT2D eigenvalue weighted by Crippen LogP contribution is 2.29. The summed E-state index contributed by atoms with van der Waals surface area (Å²) in [5, 5.41) is 8.56. The zero-order valence-corrected chi connectivity index (χ0v) is 16.4. The maximum Gasteiger partial charge on any atom is 0.132 e. The van der Waals surface area contributed by atoms with Crippen LogP contribution in [0.15, 0.2) is 30.6 Å². The number of nitrogens with one attached hydrogen (secondary N) is 1. The Balaban J connectivity index is 1.58. The monoisotopic (exact) mass is 382 g/mol. The predicted octanol–water partition coefficient (Wildman–Crippen LogP) is 2.19. The molecular formula is C20H26N6O2. The third-order valence-electron chi connectivity index (χ3n) is 5.13. The van der Waals surface area contributed by atoms with Crippen LogP contribution in [0.25, 0.3) is 22.3 Å². The molecule has 0 amide bonds. The molecule has 1 N–H and O–H groups in total. The Morgan fingerprint density at radius 2 is 1.93 bits per heavy atom. The van der Waals surface area contributed by atoms with Gasteiger partial charge in [-0.15, -0.1) is 0 Å². The fourth-order valence-corrected chi connectivity index (χ4v) is 3.46. The lowest BCUT2D eigenvalue weighted by Gasteiger charge is -2.34. The van der Waals surface area contributed by atoms with E-state index in [1.165, 1.54) is 0 Å². The van der Waals surface area contributed by atoms with E-state index in [1.54, 1.807) is 13.4 Å². The van der Waals surface area contributed by atoms with Gasteiger partial charge in [0.2, 0.25) is 0 Å². The van der Waals surface area contributed by atoms with Gasteiger partial charge in [-0.25, -0.2) is 9.97 Å². The number of likely N-dealkylation sites (N-methyl/N-ethyl adjacent to an activating group) is 1. The highest BCUT2D eigenvalue weighted by Gasteiger charge is 2.18. The van der Waals surface area contributed by atoms with Crippen molar-refractivity contribution in [2.75, 3.05) is 57.9 Å². The number of hydrogen-bond donors (Lipinski definition) is 1. The third kappa shape index (κ3) is 3.93. The van der Waals surface area contributed by atoms with E-state index in [2.05, 4.69) is 36.9 Å². The topological polar surface area (TPSA) is 79.4 Å². The number of benzene rings is 1. The van der Waals surface area contributed by atoms with E-state index in [-0.39, 0.29) is 0 Å². The SMILES string of the molecule is CCN1CCN(c2cc(-c3n[nH]c4ccc(OCCOC)cc34)ncn2)CC1. The molecule has 0 aliphatic carbocycles. The molecule has 3 aromatic rings. The molecule has 8 nitrogen and oxygen atoms in total. The summed E-state index contributed by atoms with van der Waals surface area (Å²) < 4.78 is 10.8. The van der Waals surface area contributed by atoms with Gasteiger partial charge >= 0.3 is 0 Å². The van der Waals surface area contributed by atoms with Crippen LogP contribution in [0.2, 0.25) is 0 Å². The molecule has 3 heterocycles. The van der Waals surface area contributed by atoms with Gasteiger partial charge in [0.1, 0.15) is 30.2 Å². The second-order valence-corrected chi connectivity index (χ2v) is 6.80. The molecule has 8 heteroatoms. The number of nitrogens with zero attached hydrogens (tertiary/aromatic N) is 5. The summed E-state index contributed by atoms with van der Waals surface area (Å²) in [6, 6.07) is 7.92. The zero-order chi connectivity index (χ0) is 19.3. The van der Waals surface area contributed by atoms with Crippen LogP contribution in [0.5, 0.6) is 5.75 Å². The van der Waals surface area contributed by atoms with Crippen molar-refractivity contribution in [3.63, 3.8) is 0 Å². The normalized spacial score (nSPS) is 15.3. The maximum absolute atomic E-state index is 5.74. The maximum atomic E-state index is 5.74. The quantitative estimate of drug-likeness (QED) is 0.628. The summed E-state index contributed by atoms with van der Waals surface area (Å²) in [5.74, 6) is 1.74. The van der Waals surface area contributed by atoms with Gasteiger partial charge in [-0.1, -0.05) is 6.92 Å². The Kier molecular flexibility index (Phi) is 5.68. The molecule has 1 saturated heterocycles.